The van der Waals surface area contributed by atoms with Crippen LogP contribution < -0.4 is 0 Å². The van der Waals surface area contributed by atoms with Gasteiger partial charge in [-0.1, -0.05) is 12.2 Å². The molecule has 0 amide bonds. The van der Waals surface area contributed by atoms with Crippen molar-refractivity contribution < 1.29 is 0 Å². The van der Waals surface area contributed by atoms with E-state index >= 15 is 0 Å². The molecule has 0 nitrogen and oxygen atoms in total. The first-order valence-electron chi connectivity index (χ1n) is 3.07. The first kappa shape index (κ1) is 6.12. The van der Waals surface area contributed by atoms with Crippen molar-refractivity contribution in [3.63, 3.8) is 0 Å². The molecule has 0 bridgehead atoms. The average Bonchev–Trinajstić information content (AvgIpc) is 1.99. The molecule has 0 heterocycles. The summed E-state index contributed by atoms with van der Waals surface area (Å²) in [5.74, 6) is 0. The summed E-state index contributed by atoms with van der Waals surface area (Å²) < 4.78 is 0. The van der Waals surface area contributed by atoms with Crippen LogP contribution in [0.5, 0.6) is 0 Å². The van der Waals surface area contributed by atoms with E-state index in [2.05, 4.69) is 25.7 Å². The van der Waals surface area contributed by atoms with Gasteiger partial charge < -0.3 is 0 Å². The first-order chi connectivity index (χ1) is 4.30. The molecule has 0 radical (unpaired) electrons. The van der Waals surface area contributed by atoms with E-state index in [-0.39, 0.29) is 0 Å². The van der Waals surface area contributed by atoms with Crippen molar-refractivity contribution in [3.05, 3.63) is 41.2 Å². The molecule has 9 heavy (non-hydrogen) atoms. The van der Waals surface area contributed by atoms with Crippen LogP contribution in [0.2, 0.25) is 0 Å². The van der Waals surface area contributed by atoms with E-state index in [0.717, 1.165) is 0 Å². The molecule has 0 spiro atoms. The minimum absolute atomic E-state index is 1.29. The summed E-state index contributed by atoms with van der Waals surface area (Å²) in [4.78, 5) is 0. The van der Waals surface area contributed by atoms with Crippen LogP contribution in [0.1, 0.15) is 13.8 Å². The lowest BCUT2D eigenvalue weighted by Gasteiger charge is -1.91. The molecule has 1 aliphatic rings. The molecule has 0 saturated carbocycles. The zero-order chi connectivity index (χ0) is 6.69. The Morgan fingerprint density at radius 1 is 1.22 bits per heavy atom. The summed E-state index contributed by atoms with van der Waals surface area (Å²) in [6.07, 6.45) is 8.00. The predicted molar refractivity (Wildman–Crippen MR) is 40.2 cm³/mol. The molecule has 1 rings (SSSR count). The molecule has 0 unspecified atom stereocenters. The van der Waals surface area contributed by atoms with Gasteiger partial charge in [-0.15, -0.1) is 5.73 Å². The quantitative estimate of drug-likeness (QED) is 0.429. The maximum Gasteiger partial charge on any atom is -0.0168 e. The van der Waals surface area contributed by atoms with Crippen LogP contribution in [0.3, 0.4) is 0 Å². The van der Waals surface area contributed by atoms with E-state index in [1.54, 1.807) is 0 Å². The third-order valence-corrected chi connectivity index (χ3v) is 1.46. The summed E-state index contributed by atoms with van der Waals surface area (Å²) >= 11 is 0. The average molecular weight is 118 g/mol. The number of allylic oxidation sites excluding steroid dienone is 5. The van der Waals surface area contributed by atoms with Gasteiger partial charge in [-0.05, 0) is 37.1 Å². The molecular weight excluding hydrogens is 108 g/mol. The molecule has 0 aromatic heterocycles. The Labute approximate surface area is 55.9 Å². The van der Waals surface area contributed by atoms with Gasteiger partial charge in [0.2, 0.25) is 0 Å². The molecule has 0 saturated heterocycles. The minimum atomic E-state index is 1.29. The molecule has 46 valence electrons. The van der Waals surface area contributed by atoms with E-state index in [1.807, 2.05) is 18.2 Å². The summed E-state index contributed by atoms with van der Waals surface area (Å²) in [5.41, 5.74) is 5.64. The standard InChI is InChI=1S/C9H10/c1-8-6-4-3-5-7-9(8)2/h3-4,6-7H,1-2H3. The third kappa shape index (κ3) is 1.45. The zero-order valence-electron chi connectivity index (χ0n) is 5.81. The Hall–Kier alpha value is -1.00. The van der Waals surface area contributed by atoms with Crippen LogP contribution in [0.25, 0.3) is 0 Å². The van der Waals surface area contributed by atoms with Crippen molar-refractivity contribution in [1.82, 2.24) is 0 Å². The number of hydrogen-bond donors (Lipinski definition) is 0. The minimum Gasteiger partial charge on any atom is -0.121 e. The second-order valence-electron chi connectivity index (χ2n) is 2.20. The van der Waals surface area contributed by atoms with E-state index in [1.165, 1.54) is 11.1 Å². The van der Waals surface area contributed by atoms with Gasteiger partial charge in [-0.2, -0.15) is 0 Å². The topological polar surface area (TPSA) is 0 Å². The highest BCUT2D eigenvalue weighted by atomic mass is 13.9. The third-order valence-electron chi connectivity index (χ3n) is 1.46. The van der Waals surface area contributed by atoms with Crippen molar-refractivity contribution in [2.75, 3.05) is 0 Å². The van der Waals surface area contributed by atoms with Crippen LogP contribution in [-0.2, 0) is 0 Å². The predicted octanol–water partition coefficient (Wildman–Crippen LogP) is 2.60. The van der Waals surface area contributed by atoms with Crippen LogP contribution in [0, 0.1) is 0 Å². The van der Waals surface area contributed by atoms with Gasteiger partial charge in [0, 0.05) is 0 Å². The van der Waals surface area contributed by atoms with Crippen LogP contribution in [-0.4, -0.2) is 0 Å². The fourth-order valence-corrected chi connectivity index (χ4v) is 0.666. The SMILES string of the molecule is CC1=C(C)C=CC=C=C1. The lowest BCUT2D eigenvalue weighted by Crippen LogP contribution is -1.71. The first-order valence-corrected chi connectivity index (χ1v) is 3.07. The van der Waals surface area contributed by atoms with E-state index in [4.69, 9.17) is 0 Å². The molecule has 0 fully saturated rings. The Morgan fingerprint density at radius 2 is 2.00 bits per heavy atom. The summed E-state index contributed by atoms with van der Waals surface area (Å²) in [6, 6.07) is 0. The van der Waals surface area contributed by atoms with Crippen molar-refractivity contribution in [1.29, 1.82) is 0 Å². The van der Waals surface area contributed by atoms with Gasteiger partial charge in [-0.25, -0.2) is 0 Å². The zero-order valence-corrected chi connectivity index (χ0v) is 5.81. The van der Waals surface area contributed by atoms with E-state index in [0.29, 0.717) is 0 Å². The molecule has 0 atom stereocenters. The fraction of sp³-hybridized carbons (Fsp3) is 0.222. The van der Waals surface area contributed by atoms with Gasteiger partial charge in [0.15, 0.2) is 0 Å². The molecule has 0 aromatic rings. The highest BCUT2D eigenvalue weighted by Crippen LogP contribution is 2.07. The number of rotatable bonds is 0. The van der Waals surface area contributed by atoms with E-state index in [9.17, 15) is 0 Å². The van der Waals surface area contributed by atoms with Crippen LogP contribution in [0.4, 0.5) is 0 Å². The lowest BCUT2D eigenvalue weighted by molar-refractivity contribution is 1.38. The fourth-order valence-electron chi connectivity index (χ4n) is 0.666. The van der Waals surface area contributed by atoms with Crippen molar-refractivity contribution >= 4 is 0 Å². The second kappa shape index (κ2) is 2.52. The Balaban J connectivity index is 3.06. The monoisotopic (exact) mass is 118 g/mol. The van der Waals surface area contributed by atoms with Crippen molar-refractivity contribution in [3.8, 4) is 0 Å². The molecule has 0 aromatic carbocycles. The Bertz CT molecular complexity index is 220. The van der Waals surface area contributed by atoms with Gasteiger partial charge in [0.25, 0.3) is 0 Å². The van der Waals surface area contributed by atoms with E-state index < -0.39 is 0 Å². The summed E-state index contributed by atoms with van der Waals surface area (Å²) in [5, 5.41) is 0. The second-order valence-corrected chi connectivity index (χ2v) is 2.20. The molecule has 0 aliphatic heterocycles. The normalized spacial score (nSPS) is 16.7. The van der Waals surface area contributed by atoms with Gasteiger partial charge >= 0.3 is 0 Å². The highest BCUT2D eigenvalue weighted by Gasteiger charge is 1.87. The van der Waals surface area contributed by atoms with Gasteiger partial charge in [0.05, 0.1) is 0 Å². The lowest BCUT2D eigenvalue weighted by atomic mass is 10.1. The van der Waals surface area contributed by atoms with Crippen molar-refractivity contribution in [2.45, 2.75) is 13.8 Å². The molecule has 1 aliphatic carbocycles. The maximum absolute atomic E-state index is 3.03. The molecular formula is C9H10. The van der Waals surface area contributed by atoms with Gasteiger partial charge in [-0.3, -0.25) is 0 Å². The largest absolute Gasteiger partial charge is 0.121 e. The summed E-state index contributed by atoms with van der Waals surface area (Å²) in [6.45, 7) is 4.19. The maximum atomic E-state index is 3.03. The number of hydrogen-bond acceptors (Lipinski definition) is 0. The Morgan fingerprint density at radius 3 is 2.78 bits per heavy atom. The smallest absolute Gasteiger partial charge is 0.0168 e. The molecule has 0 heteroatoms. The van der Waals surface area contributed by atoms with Crippen molar-refractivity contribution in [2.24, 2.45) is 0 Å². The highest BCUT2D eigenvalue weighted by molar-refractivity contribution is 5.34. The van der Waals surface area contributed by atoms with Gasteiger partial charge in [0.1, 0.15) is 0 Å². The van der Waals surface area contributed by atoms with Crippen LogP contribution in [0.15, 0.2) is 41.2 Å². The summed E-state index contributed by atoms with van der Waals surface area (Å²) in [7, 11) is 0. The Kier molecular flexibility index (Phi) is 1.72. The molecule has 0 N–H and O–H groups in total. The van der Waals surface area contributed by atoms with Crippen LogP contribution >= 0.6 is 0 Å².